The van der Waals surface area contributed by atoms with Gasteiger partial charge in [0, 0.05) is 13.6 Å². The molecule has 2 aliphatic rings. The van der Waals surface area contributed by atoms with Gasteiger partial charge >= 0.3 is 5.97 Å². The number of amides is 2. The van der Waals surface area contributed by atoms with Crippen LogP contribution in [0.4, 0.5) is 0 Å². The molecule has 106 valence electrons. The fourth-order valence-corrected chi connectivity index (χ4v) is 2.56. The molecule has 1 saturated carbocycles. The Morgan fingerprint density at radius 1 is 1.37 bits per heavy atom. The van der Waals surface area contributed by atoms with Crippen molar-refractivity contribution in [1.82, 2.24) is 10.2 Å². The van der Waals surface area contributed by atoms with Gasteiger partial charge in [-0.05, 0) is 12.8 Å². The van der Waals surface area contributed by atoms with E-state index in [1.54, 1.807) is 0 Å². The van der Waals surface area contributed by atoms with Gasteiger partial charge in [0.05, 0.1) is 13.2 Å². The number of nitrogens with one attached hydrogen (secondary N) is 1. The maximum absolute atomic E-state index is 12.5. The molecule has 0 spiro atoms. The van der Waals surface area contributed by atoms with Gasteiger partial charge in [0.15, 0.2) is 0 Å². The Bertz CT molecular complexity index is 405. The van der Waals surface area contributed by atoms with Gasteiger partial charge in [-0.15, -0.1) is 0 Å². The first-order chi connectivity index (χ1) is 9.03. The van der Waals surface area contributed by atoms with E-state index in [9.17, 15) is 19.5 Å². The van der Waals surface area contributed by atoms with Crippen LogP contribution in [-0.4, -0.2) is 60.6 Å². The summed E-state index contributed by atoms with van der Waals surface area (Å²) in [5.41, 5.74) is -1.33. The molecule has 2 rings (SSSR count). The van der Waals surface area contributed by atoms with Crippen molar-refractivity contribution in [3.8, 4) is 0 Å². The maximum atomic E-state index is 12.5. The topological polar surface area (TPSA) is 95.9 Å². The minimum atomic E-state index is -1.33. The van der Waals surface area contributed by atoms with Crippen molar-refractivity contribution in [3.05, 3.63) is 0 Å². The molecule has 1 heterocycles. The monoisotopic (exact) mass is 270 g/mol. The summed E-state index contributed by atoms with van der Waals surface area (Å²) in [5.74, 6) is -1.87. The van der Waals surface area contributed by atoms with E-state index >= 15 is 0 Å². The molecular weight excluding hydrogens is 252 g/mol. The minimum absolute atomic E-state index is 0.112. The molecule has 2 amide bonds. The molecule has 0 radical (unpaired) electrons. The van der Waals surface area contributed by atoms with Gasteiger partial charge in [-0.2, -0.15) is 0 Å². The Morgan fingerprint density at radius 2 is 2.05 bits per heavy atom. The Labute approximate surface area is 110 Å². The number of ether oxygens (including phenoxy) is 1. The summed E-state index contributed by atoms with van der Waals surface area (Å²) >= 11 is 0. The van der Waals surface area contributed by atoms with Crippen LogP contribution in [0.3, 0.4) is 0 Å². The molecule has 7 heteroatoms. The highest BCUT2D eigenvalue weighted by molar-refractivity contribution is 6.04. The predicted octanol–water partition coefficient (Wildman–Crippen LogP) is -0.785. The van der Waals surface area contributed by atoms with Crippen LogP contribution < -0.4 is 5.32 Å². The minimum Gasteiger partial charge on any atom is -0.480 e. The van der Waals surface area contributed by atoms with Gasteiger partial charge in [-0.25, -0.2) is 0 Å². The van der Waals surface area contributed by atoms with E-state index in [4.69, 9.17) is 4.74 Å². The molecule has 0 aromatic carbocycles. The first kappa shape index (κ1) is 13.8. The summed E-state index contributed by atoms with van der Waals surface area (Å²) < 4.78 is 5.21. The largest absolute Gasteiger partial charge is 0.480 e. The highest BCUT2D eigenvalue weighted by Crippen LogP contribution is 2.43. The zero-order valence-electron chi connectivity index (χ0n) is 10.8. The average molecular weight is 270 g/mol. The number of carbonyl (C=O) groups is 3. The van der Waals surface area contributed by atoms with Gasteiger partial charge in [0.1, 0.15) is 11.5 Å². The van der Waals surface area contributed by atoms with E-state index in [2.05, 4.69) is 5.32 Å². The fraction of sp³-hybridized carbons (Fsp3) is 0.750. The number of morpholine rings is 1. The van der Waals surface area contributed by atoms with Crippen molar-refractivity contribution >= 4 is 17.8 Å². The summed E-state index contributed by atoms with van der Waals surface area (Å²) in [6.07, 6.45) is 1.42. The lowest BCUT2D eigenvalue weighted by Gasteiger charge is -2.43. The zero-order valence-corrected chi connectivity index (χ0v) is 10.8. The van der Waals surface area contributed by atoms with E-state index < -0.39 is 23.3 Å². The summed E-state index contributed by atoms with van der Waals surface area (Å²) in [6.45, 7) is 0.696. The van der Waals surface area contributed by atoms with Gasteiger partial charge in [0.25, 0.3) is 0 Å². The number of hydrogen-bond acceptors (Lipinski definition) is 4. The van der Waals surface area contributed by atoms with E-state index in [0.717, 1.165) is 6.42 Å². The van der Waals surface area contributed by atoms with Gasteiger partial charge in [-0.1, -0.05) is 6.42 Å². The third-order valence-corrected chi connectivity index (χ3v) is 3.96. The number of likely N-dealkylation sites (N-methyl/N-ethyl adjacent to an activating group) is 1. The van der Waals surface area contributed by atoms with Gasteiger partial charge < -0.3 is 20.1 Å². The van der Waals surface area contributed by atoms with Crippen LogP contribution in [-0.2, 0) is 19.1 Å². The second-order valence-corrected chi connectivity index (χ2v) is 4.94. The van der Waals surface area contributed by atoms with Crippen molar-refractivity contribution in [2.24, 2.45) is 5.41 Å². The van der Waals surface area contributed by atoms with Crippen molar-refractivity contribution in [1.29, 1.82) is 0 Å². The smallest absolute Gasteiger partial charge is 0.319 e. The molecule has 1 atom stereocenters. The summed E-state index contributed by atoms with van der Waals surface area (Å²) in [6, 6.07) is -0.733. The zero-order chi connectivity index (χ0) is 14.0. The molecule has 0 bridgehead atoms. The molecule has 1 aliphatic carbocycles. The summed E-state index contributed by atoms with van der Waals surface area (Å²) in [4.78, 5) is 36.9. The lowest BCUT2D eigenvalue weighted by atomic mass is 9.67. The maximum Gasteiger partial charge on any atom is 0.319 e. The van der Waals surface area contributed by atoms with Crippen molar-refractivity contribution in [2.75, 3.05) is 26.8 Å². The molecule has 1 saturated heterocycles. The van der Waals surface area contributed by atoms with Crippen LogP contribution in [0.15, 0.2) is 0 Å². The second kappa shape index (κ2) is 5.16. The Morgan fingerprint density at radius 3 is 2.53 bits per heavy atom. The normalized spacial score (nSPS) is 25.3. The number of carboxylic acid groups (broad SMARTS) is 1. The highest BCUT2D eigenvalue weighted by Gasteiger charge is 2.54. The summed E-state index contributed by atoms with van der Waals surface area (Å²) in [7, 11) is 1.48. The second-order valence-electron chi connectivity index (χ2n) is 4.94. The lowest BCUT2D eigenvalue weighted by Crippen LogP contribution is -2.61. The van der Waals surface area contributed by atoms with Crippen molar-refractivity contribution in [2.45, 2.75) is 25.3 Å². The Kier molecular flexibility index (Phi) is 3.75. The molecular formula is C12H18N2O5. The molecule has 0 aromatic heterocycles. The number of aliphatic carboxylic acids is 1. The van der Waals surface area contributed by atoms with Crippen LogP contribution in [0.2, 0.25) is 0 Å². The Hall–Kier alpha value is -1.63. The molecule has 2 fully saturated rings. The number of nitrogens with zero attached hydrogens (tertiary/aromatic N) is 1. The SMILES string of the molecule is CNC(=O)C1COCCN1C(=O)C1(C(=O)O)CCC1. The van der Waals surface area contributed by atoms with Gasteiger partial charge in [0.2, 0.25) is 11.8 Å². The highest BCUT2D eigenvalue weighted by atomic mass is 16.5. The molecule has 1 unspecified atom stereocenters. The fourth-order valence-electron chi connectivity index (χ4n) is 2.56. The van der Waals surface area contributed by atoms with E-state index in [1.807, 2.05) is 0 Å². The Balaban J connectivity index is 2.20. The first-order valence-corrected chi connectivity index (χ1v) is 6.37. The van der Waals surface area contributed by atoms with Crippen LogP contribution in [0.5, 0.6) is 0 Å². The quantitative estimate of drug-likeness (QED) is 0.655. The van der Waals surface area contributed by atoms with Crippen LogP contribution in [0.1, 0.15) is 19.3 Å². The number of rotatable bonds is 3. The van der Waals surface area contributed by atoms with Crippen molar-refractivity contribution < 1.29 is 24.2 Å². The molecule has 19 heavy (non-hydrogen) atoms. The summed E-state index contributed by atoms with van der Waals surface area (Å²) in [5, 5.41) is 11.8. The van der Waals surface area contributed by atoms with Gasteiger partial charge in [-0.3, -0.25) is 14.4 Å². The van der Waals surface area contributed by atoms with Crippen LogP contribution in [0.25, 0.3) is 0 Å². The molecule has 7 nitrogen and oxygen atoms in total. The first-order valence-electron chi connectivity index (χ1n) is 6.37. The number of hydrogen-bond donors (Lipinski definition) is 2. The third-order valence-electron chi connectivity index (χ3n) is 3.96. The molecule has 0 aromatic rings. The van der Waals surface area contributed by atoms with E-state index in [0.29, 0.717) is 19.4 Å². The van der Waals surface area contributed by atoms with Crippen LogP contribution >= 0.6 is 0 Å². The number of carbonyl (C=O) groups excluding carboxylic acids is 2. The number of carboxylic acids is 1. The predicted molar refractivity (Wildman–Crippen MR) is 64.3 cm³/mol. The molecule has 2 N–H and O–H groups in total. The van der Waals surface area contributed by atoms with Crippen LogP contribution in [0, 0.1) is 5.41 Å². The van der Waals surface area contributed by atoms with E-state index in [-0.39, 0.29) is 19.1 Å². The lowest BCUT2D eigenvalue weighted by molar-refractivity contribution is -0.173. The average Bonchev–Trinajstić information content (AvgIpc) is 2.36. The van der Waals surface area contributed by atoms with Crippen molar-refractivity contribution in [3.63, 3.8) is 0 Å². The standard InChI is InChI=1S/C12H18N2O5/c1-13-9(15)8-7-19-6-5-14(8)10(16)12(11(17)18)3-2-4-12/h8H,2-7H2,1H3,(H,13,15)(H,17,18). The van der Waals surface area contributed by atoms with E-state index in [1.165, 1.54) is 11.9 Å². The third kappa shape index (κ3) is 2.18. The molecule has 1 aliphatic heterocycles.